The van der Waals surface area contributed by atoms with E-state index < -0.39 is 0 Å². The molecule has 0 aromatic carbocycles. The van der Waals surface area contributed by atoms with Gasteiger partial charge in [-0.2, -0.15) is 5.10 Å². The predicted octanol–water partition coefficient (Wildman–Crippen LogP) is 0.727. The van der Waals surface area contributed by atoms with Crippen LogP contribution in [0.25, 0.3) is 11.0 Å². The lowest BCUT2D eigenvalue weighted by atomic mass is 10.3. The summed E-state index contributed by atoms with van der Waals surface area (Å²) in [7, 11) is 1.75. The SMILES string of the molecule is CCCCn1nnnc1Cn1cnc2c(c(Br)nn2C)c1=O. The Balaban J connectivity index is 1.98. The van der Waals surface area contributed by atoms with Crippen molar-refractivity contribution >= 4 is 27.0 Å². The molecule has 9 nitrogen and oxygen atoms in total. The van der Waals surface area contributed by atoms with Crippen LogP contribution in [-0.2, 0) is 20.1 Å². The minimum Gasteiger partial charge on any atom is -0.291 e. The molecule has 10 heteroatoms. The Hall–Kier alpha value is -2.10. The summed E-state index contributed by atoms with van der Waals surface area (Å²) >= 11 is 3.30. The molecule has 0 unspecified atom stereocenters. The lowest BCUT2D eigenvalue weighted by Crippen LogP contribution is -2.23. The van der Waals surface area contributed by atoms with Gasteiger partial charge in [0.15, 0.2) is 11.5 Å². The number of hydrogen-bond donors (Lipinski definition) is 0. The minimum atomic E-state index is -0.171. The van der Waals surface area contributed by atoms with Crippen LogP contribution in [0.15, 0.2) is 15.7 Å². The molecular formula is C12H15BrN8O. The van der Waals surface area contributed by atoms with Crippen molar-refractivity contribution in [3.05, 3.63) is 27.1 Å². The van der Waals surface area contributed by atoms with Gasteiger partial charge >= 0.3 is 0 Å². The van der Waals surface area contributed by atoms with E-state index >= 15 is 0 Å². The highest BCUT2D eigenvalue weighted by molar-refractivity contribution is 9.10. The summed E-state index contributed by atoms with van der Waals surface area (Å²) in [5.41, 5.74) is 0.369. The van der Waals surface area contributed by atoms with Crippen molar-refractivity contribution in [1.82, 2.24) is 39.5 Å². The molecule has 0 atom stereocenters. The summed E-state index contributed by atoms with van der Waals surface area (Å²) in [6, 6.07) is 0. The first-order valence-electron chi connectivity index (χ1n) is 6.94. The van der Waals surface area contributed by atoms with Crippen LogP contribution >= 0.6 is 15.9 Å². The van der Waals surface area contributed by atoms with Gasteiger partial charge < -0.3 is 0 Å². The molecule has 0 radical (unpaired) electrons. The summed E-state index contributed by atoms with van der Waals surface area (Å²) in [5.74, 6) is 0.636. The second-order valence-corrected chi connectivity index (χ2v) is 5.71. The average molecular weight is 367 g/mol. The van der Waals surface area contributed by atoms with Crippen LogP contribution in [0.3, 0.4) is 0 Å². The molecule has 0 aliphatic heterocycles. The third-order valence-corrected chi connectivity index (χ3v) is 3.96. The van der Waals surface area contributed by atoms with Gasteiger partial charge in [0.2, 0.25) is 0 Å². The molecule has 0 bridgehead atoms. The number of nitrogens with zero attached hydrogens (tertiary/aromatic N) is 8. The first-order chi connectivity index (χ1) is 10.6. The van der Waals surface area contributed by atoms with E-state index in [1.54, 1.807) is 16.4 Å². The lowest BCUT2D eigenvalue weighted by Gasteiger charge is -2.06. The van der Waals surface area contributed by atoms with Gasteiger partial charge in [0, 0.05) is 13.6 Å². The monoisotopic (exact) mass is 366 g/mol. The number of hydrogen-bond acceptors (Lipinski definition) is 6. The number of halogens is 1. The fourth-order valence-corrected chi connectivity index (χ4v) is 2.80. The van der Waals surface area contributed by atoms with Crippen LogP contribution in [0.4, 0.5) is 0 Å². The van der Waals surface area contributed by atoms with E-state index in [0.29, 0.717) is 21.5 Å². The van der Waals surface area contributed by atoms with Crippen molar-refractivity contribution in [1.29, 1.82) is 0 Å². The third-order valence-electron chi connectivity index (χ3n) is 3.41. The van der Waals surface area contributed by atoms with Gasteiger partial charge in [0.25, 0.3) is 5.56 Å². The summed E-state index contributed by atoms with van der Waals surface area (Å²) in [5, 5.41) is 16.3. The van der Waals surface area contributed by atoms with Gasteiger partial charge in [-0.1, -0.05) is 13.3 Å². The predicted molar refractivity (Wildman–Crippen MR) is 82.3 cm³/mol. The molecule has 3 aromatic rings. The number of tetrazole rings is 1. The molecule has 0 amide bonds. The van der Waals surface area contributed by atoms with Crippen molar-refractivity contribution in [3.63, 3.8) is 0 Å². The molecule has 22 heavy (non-hydrogen) atoms. The number of aryl methyl sites for hydroxylation is 2. The van der Waals surface area contributed by atoms with Crippen molar-refractivity contribution in [2.24, 2.45) is 7.05 Å². The van der Waals surface area contributed by atoms with Crippen LogP contribution in [0, 0.1) is 0 Å². The van der Waals surface area contributed by atoms with Crippen molar-refractivity contribution in [2.45, 2.75) is 32.9 Å². The van der Waals surface area contributed by atoms with Gasteiger partial charge in [-0.15, -0.1) is 5.10 Å². The molecule has 3 rings (SSSR count). The quantitative estimate of drug-likeness (QED) is 0.660. The van der Waals surface area contributed by atoms with Crippen LogP contribution < -0.4 is 5.56 Å². The summed E-state index contributed by atoms with van der Waals surface area (Å²) in [4.78, 5) is 16.9. The van der Waals surface area contributed by atoms with Crippen molar-refractivity contribution in [3.8, 4) is 0 Å². The highest BCUT2D eigenvalue weighted by Crippen LogP contribution is 2.16. The average Bonchev–Trinajstić information content (AvgIpc) is 3.04. The zero-order valence-electron chi connectivity index (χ0n) is 12.3. The van der Waals surface area contributed by atoms with E-state index in [1.807, 2.05) is 0 Å². The first-order valence-corrected chi connectivity index (χ1v) is 7.73. The molecule has 3 heterocycles. The Morgan fingerprint density at radius 3 is 2.95 bits per heavy atom. The van der Waals surface area contributed by atoms with E-state index in [9.17, 15) is 4.79 Å². The van der Waals surface area contributed by atoms with Crippen molar-refractivity contribution < 1.29 is 0 Å². The maximum absolute atomic E-state index is 12.6. The number of fused-ring (bicyclic) bond motifs is 1. The van der Waals surface area contributed by atoms with E-state index in [4.69, 9.17) is 0 Å². The molecule has 0 aliphatic carbocycles. The standard InChI is InChI=1S/C12H15BrN8O/c1-3-4-5-21-8(15-17-18-21)6-20-7-14-11-9(12(20)22)10(13)16-19(11)2/h7H,3-6H2,1-2H3. The second kappa shape index (κ2) is 5.95. The van der Waals surface area contributed by atoms with Gasteiger partial charge in [-0.3, -0.25) is 9.36 Å². The normalized spacial score (nSPS) is 11.4. The summed E-state index contributed by atoms with van der Waals surface area (Å²) in [6.07, 6.45) is 3.53. The van der Waals surface area contributed by atoms with E-state index in [0.717, 1.165) is 19.4 Å². The number of unbranched alkanes of at least 4 members (excludes halogenated alkanes) is 1. The molecule has 116 valence electrons. The van der Waals surface area contributed by atoms with Gasteiger partial charge in [-0.25, -0.2) is 14.3 Å². The van der Waals surface area contributed by atoms with Crippen LogP contribution in [0.5, 0.6) is 0 Å². The van der Waals surface area contributed by atoms with Gasteiger partial charge in [0.1, 0.15) is 16.3 Å². The van der Waals surface area contributed by atoms with Crippen LogP contribution in [0.1, 0.15) is 25.6 Å². The zero-order valence-corrected chi connectivity index (χ0v) is 13.9. The molecule has 0 spiro atoms. The fraction of sp³-hybridized carbons (Fsp3) is 0.500. The number of rotatable bonds is 5. The molecular weight excluding hydrogens is 352 g/mol. The lowest BCUT2D eigenvalue weighted by molar-refractivity contribution is 0.521. The largest absolute Gasteiger partial charge is 0.291 e. The van der Waals surface area contributed by atoms with Gasteiger partial charge in [-0.05, 0) is 32.8 Å². The fourth-order valence-electron chi connectivity index (χ4n) is 2.22. The second-order valence-electron chi connectivity index (χ2n) is 4.96. The zero-order chi connectivity index (χ0) is 15.7. The van der Waals surface area contributed by atoms with E-state index in [-0.39, 0.29) is 12.1 Å². The molecule has 0 saturated heterocycles. The summed E-state index contributed by atoms with van der Waals surface area (Å²) < 4.78 is 5.26. The smallest absolute Gasteiger partial charge is 0.266 e. The minimum absolute atomic E-state index is 0.171. The number of aromatic nitrogens is 8. The maximum Gasteiger partial charge on any atom is 0.266 e. The van der Waals surface area contributed by atoms with Crippen LogP contribution in [0.2, 0.25) is 0 Å². The van der Waals surface area contributed by atoms with E-state index in [2.05, 4.69) is 48.5 Å². The Morgan fingerprint density at radius 2 is 2.18 bits per heavy atom. The highest BCUT2D eigenvalue weighted by atomic mass is 79.9. The van der Waals surface area contributed by atoms with Gasteiger partial charge in [0.05, 0.1) is 6.54 Å². The maximum atomic E-state index is 12.6. The topological polar surface area (TPSA) is 96.3 Å². The van der Waals surface area contributed by atoms with Crippen LogP contribution in [-0.4, -0.2) is 39.5 Å². The highest BCUT2D eigenvalue weighted by Gasteiger charge is 2.15. The molecule has 0 N–H and O–H groups in total. The Kier molecular flexibility index (Phi) is 4.01. The van der Waals surface area contributed by atoms with E-state index in [1.165, 1.54) is 10.9 Å². The molecule has 0 saturated carbocycles. The van der Waals surface area contributed by atoms with Crippen molar-refractivity contribution in [2.75, 3.05) is 0 Å². The Bertz CT molecular complexity index is 864. The molecule has 3 aromatic heterocycles. The first kappa shape index (κ1) is 14.8. The Labute approximate surface area is 134 Å². The summed E-state index contributed by atoms with van der Waals surface area (Å²) in [6.45, 7) is 3.12. The third kappa shape index (κ3) is 2.54. The Morgan fingerprint density at radius 1 is 1.36 bits per heavy atom. The molecule has 0 fully saturated rings. The molecule has 0 aliphatic rings.